The van der Waals surface area contributed by atoms with Gasteiger partial charge >= 0.3 is 0 Å². The van der Waals surface area contributed by atoms with Crippen LogP contribution in [0.25, 0.3) is 0 Å². The van der Waals surface area contributed by atoms with Crippen molar-refractivity contribution in [3.8, 4) is 0 Å². The monoisotopic (exact) mass is 384 g/mol. The van der Waals surface area contributed by atoms with Crippen molar-refractivity contribution in [1.82, 2.24) is 19.8 Å². The third kappa shape index (κ3) is 5.25. The molecule has 28 heavy (non-hydrogen) atoms. The smallest absolute Gasteiger partial charge is 0.194 e. The molecular formula is C21H32N6O. The molecule has 1 atom stereocenters. The number of anilines is 1. The molecule has 0 aromatic carbocycles. The average molecular weight is 385 g/mol. The number of morpholine rings is 1. The Balaban J connectivity index is 1.68. The van der Waals surface area contributed by atoms with Gasteiger partial charge in [0.05, 0.1) is 25.8 Å². The van der Waals surface area contributed by atoms with Gasteiger partial charge < -0.3 is 24.4 Å². The first-order valence-corrected chi connectivity index (χ1v) is 9.98. The fourth-order valence-corrected chi connectivity index (χ4v) is 3.37. The number of pyridine rings is 1. The van der Waals surface area contributed by atoms with Crippen LogP contribution in [0, 0.1) is 0 Å². The van der Waals surface area contributed by atoms with E-state index in [0.29, 0.717) is 6.54 Å². The first-order chi connectivity index (χ1) is 13.6. The predicted octanol–water partition coefficient (Wildman–Crippen LogP) is 2.24. The van der Waals surface area contributed by atoms with Crippen LogP contribution < -0.4 is 10.2 Å². The van der Waals surface area contributed by atoms with E-state index in [9.17, 15) is 0 Å². The third-order valence-corrected chi connectivity index (χ3v) is 4.93. The summed E-state index contributed by atoms with van der Waals surface area (Å²) in [6, 6.07) is 8.39. The van der Waals surface area contributed by atoms with E-state index in [1.54, 1.807) is 0 Å². The lowest BCUT2D eigenvalue weighted by atomic mass is 10.2. The van der Waals surface area contributed by atoms with Gasteiger partial charge in [0.1, 0.15) is 5.82 Å². The standard InChI is InChI=1S/C21H32N6O/c1-5-22-21(26(4)16-19-7-6-10-25(19)3)24-14-18-8-9-23-20(13-18)27-11-12-28-17(2)15-27/h6-10,13,17H,5,11-12,14-16H2,1-4H3,(H,22,24). The van der Waals surface area contributed by atoms with Crippen molar-refractivity contribution in [3.05, 3.63) is 47.9 Å². The minimum absolute atomic E-state index is 0.240. The Morgan fingerprint density at radius 3 is 3.00 bits per heavy atom. The van der Waals surface area contributed by atoms with Gasteiger partial charge in [-0.15, -0.1) is 0 Å². The van der Waals surface area contributed by atoms with Gasteiger partial charge in [0.25, 0.3) is 0 Å². The summed E-state index contributed by atoms with van der Waals surface area (Å²) in [6.45, 7) is 8.97. The van der Waals surface area contributed by atoms with Crippen LogP contribution in [-0.4, -0.2) is 59.8 Å². The lowest BCUT2D eigenvalue weighted by Gasteiger charge is -2.32. The summed E-state index contributed by atoms with van der Waals surface area (Å²) in [5.74, 6) is 1.91. The summed E-state index contributed by atoms with van der Waals surface area (Å²) in [7, 11) is 4.14. The number of hydrogen-bond donors (Lipinski definition) is 1. The summed E-state index contributed by atoms with van der Waals surface area (Å²) in [4.78, 5) is 13.8. The van der Waals surface area contributed by atoms with E-state index in [-0.39, 0.29) is 6.10 Å². The van der Waals surface area contributed by atoms with Crippen LogP contribution in [0.3, 0.4) is 0 Å². The second-order valence-electron chi connectivity index (χ2n) is 7.29. The highest BCUT2D eigenvalue weighted by atomic mass is 16.5. The van der Waals surface area contributed by atoms with E-state index in [4.69, 9.17) is 9.73 Å². The van der Waals surface area contributed by atoms with Crippen molar-refractivity contribution in [2.24, 2.45) is 12.0 Å². The van der Waals surface area contributed by atoms with Crippen LogP contribution in [0.1, 0.15) is 25.1 Å². The van der Waals surface area contributed by atoms with Crippen molar-refractivity contribution in [3.63, 3.8) is 0 Å². The van der Waals surface area contributed by atoms with Crippen molar-refractivity contribution in [2.45, 2.75) is 33.0 Å². The van der Waals surface area contributed by atoms with Crippen LogP contribution in [0.5, 0.6) is 0 Å². The lowest BCUT2D eigenvalue weighted by molar-refractivity contribution is 0.0529. The first kappa shape index (κ1) is 20.2. The van der Waals surface area contributed by atoms with Gasteiger partial charge in [0, 0.05) is 51.8 Å². The Morgan fingerprint density at radius 2 is 2.29 bits per heavy atom. The second-order valence-corrected chi connectivity index (χ2v) is 7.29. The first-order valence-electron chi connectivity index (χ1n) is 9.98. The molecule has 0 radical (unpaired) electrons. The maximum Gasteiger partial charge on any atom is 0.194 e. The van der Waals surface area contributed by atoms with Gasteiger partial charge in [-0.25, -0.2) is 9.98 Å². The fraction of sp³-hybridized carbons (Fsp3) is 0.524. The molecule has 1 fully saturated rings. The normalized spacial score (nSPS) is 17.6. The Hall–Kier alpha value is -2.54. The van der Waals surface area contributed by atoms with Gasteiger partial charge in [-0.2, -0.15) is 0 Å². The molecule has 0 saturated carbocycles. The minimum Gasteiger partial charge on any atom is -0.375 e. The Labute approximate surface area is 168 Å². The molecule has 7 heteroatoms. The third-order valence-electron chi connectivity index (χ3n) is 4.93. The zero-order chi connectivity index (χ0) is 19.9. The molecule has 1 aliphatic heterocycles. The zero-order valence-corrected chi connectivity index (χ0v) is 17.4. The van der Waals surface area contributed by atoms with E-state index in [1.165, 1.54) is 5.69 Å². The van der Waals surface area contributed by atoms with Crippen LogP contribution >= 0.6 is 0 Å². The molecule has 0 spiro atoms. The zero-order valence-electron chi connectivity index (χ0n) is 17.4. The highest BCUT2D eigenvalue weighted by molar-refractivity contribution is 5.79. The SMILES string of the molecule is CCNC(=NCc1ccnc(N2CCOC(C)C2)c1)N(C)Cc1cccn1C. The molecule has 0 amide bonds. The number of nitrogens with one attached hydrogen (secondary N) is 1. The number of aryl methyl sites for hydroxylation is 1. The molecule has 1 N–H and O–H groups in total. The van der Waals surface area contributed by atoms with Crippen LogP contribution in [0.2, 0.25) is 0 Å². The number of guanidine groups is 1. The minimum atomic E-state index is 0.240. The Morgan fingerprint density at radius 1 is 1.43 bits per heavy atom. The van der Waals surface area contributed by atoms with E-state index < -0.39 is 0 Å². The lowest BCUT2D eigenvalue weighted by Crippen LogP contribution is -2.41. The van der Waals surface area contributed by atoms with Gasteiger partial charge in [0.2, 0.25) is 0 Å². The van der Waals surface area contributed by atoms with Gasteiger partial charge in [0.15, 0.2) is 5.96 Å². The highest BCUT2D eigenvalue weighted by Gasteiger charge is 2.18. The maximum atomic E-state index is 5.64. The Bertz CT molecular complexity index is 787. The van der Waals surface area contributed by atoms with Crippen LogP contribution in [0.4, 0.5) is 5.82 Å². The highest BCUT2D eigenvalue weighted by Crippen LogP contribution is 2.17. The molecule has 0 bridgehead atoms. The Kier molecular flexibility index (Phi) is 6.92. The summed E-state index contributed by atoms with van der Waals surface area (Å²) in [6.07, 6.45) is 4.18. The van der Waals surface area contributed by atoms with Gasteiger partial charge in [-0.1, -0.05) is 0 Å². The summed E-state index contributed by atoms with van der Waals surface area (Å²) >= 11 is 0. The van der Waals surface area contributed by atoms with Crippen LogP contribution in [-0.2, 0) is 24.9 Å². The molecular weight excluding hydrogens is 352 g/mol. The van der Waals surface area contributed by atoms with Gasteiger partial charge in [-0.3, -0.25) is 0 Å². The van der Waals surface area contributed by atoms with Crippen molar-refractivity contribution < 1.29 is 4.74 Å². The number of ether oxygens (including phenoxy) is 1. The van der Waals surface area contributed by atoms with Crippen LogP contribution in [0.15, 0.2) is 41.7 Å². The molecule has 3 rings (SSSR count). The topological polar surface area (TPSA) is 57.9 Å². The van der Waals surface area contributed by atoms with Gasteiger partial charge in [-0.05, 0) is 43.7 Å². The molecule has 2 aromatic heterocycles. The van der Waals surface area contributed by atoms with Crippen molar-refractivity contribution in [1.29, 1.82) is 0 Å². The predicted molar refractivity (Wildman–Crippen MR) is 114 cm³/mol. The number of aliphatic imine (C=N–C) groups is 1. The largest absolute Gasteiger partial charge is 0.375 e. The average Bonchev–Trinajstić information content (AvgIpc) is 3.10. The number of rotatable bonds is 6. The number of nitrogens with zero attached hydrogens (tertiary/aromatic N) is 5. The quantitative estimate of drug-likeness (QED) is 0.611. The second kappa shape index (κ2) is 9.59. The molecule has 2 aromatic rings. The maximum absolute atomic E-state index is 5.64. The summed E-state index contributed by atoms with van der Waals surface area (Å²) in [5, 5.41) is 3.39. The van der Waals surface area contributed by atoms with E-state index in [2.05, 4.69) is 77.0 Å². The van der Waals surface area contributed by atoms with Crippen molar-refractivity contribution in [2.75, 3.05) is 38.2 Å². The van der Waals surface area contributed by atoms with E-state index >= 15 is 0 Å². The summed E-state index contributed by atoms with van der Waals surface area (Å²) < 4.78 is 7.77. The molecule has 1 aliphatic rings. The molecule has 1 unspecified atom stereocenters. The molecule has 0 aliphatic carbocycles. The number of aromatic nitrogens is 2. The molecule has 1 saturated heterocycles. The summed E-state index contributed by atoms with van der Waals surface area (Å²) in [5.41, 5.74) is 2.41. The number of hydrogen-bond acceptors (Lipinski definition) is 4. The van der Waals surface area contributed by atoms with E-state index in [0.717, 1.165) is 50.1 Å². The molecule has 3 heterocycles. The fourth-order valence-electron chi connectivity index (χ4n) is 3.37. The van der Waals surface area contributed by atoms with E-state index in [1.807, 2.05) is 12.3 Å². The molecule has 152 valence electrons. The molecule has 7 nitrogen and oxygen atoms in total. The van der Waals surface area contributed by atoms with Crippen molar-refractivity contribution >= 4 is 11.8 Å².